The smallest absolute Gasteiger partial charge is 0.165 e. The van der Waals surface area contributed by atoms with Crippen LogP contribution in [0.2, 0.25) is 0 Å². The van der Waals surface area contributed by atoms with Gasteiger partial charge in [0.05, 0.1) is 14.2 Å². The van der Waals surface area contributed by atoms with Gasteiger partial charge in [0.2, 0.25) is 0 Å². The summed E-state index contributed by atoms with van der Waals surface area (Å²) in [6, 6.07) is 16.8. The van der Waals surface area contributed by atoms with Crippen LogP contribution in [0.25, 0.3) is 0 Å². The number of likely N-dealkylation sites (tertiary alicyclic amines) is 1. The van der Waals surface area contributed by atoms with Crippen molar-refractivity contribution in [2.75, 3.05) is 45.8 Å². The van der Waals surface area contributed by atoms with Crippen molar-refractivity contribution in [1.82, 2.24) is 4.90 Å². The molecule has 0 spiro atoms. The third-order valence-corrected chi connectivity index (χ3v) is 7.78. The first-order chi connectivity index (χ1) is 20.4. The van der Waals surface area contributed by atoms with Gasteiger partial charge in [-0.1, -0.05) is 12.1 Å². The summed E-state index contributed by atoms with van der Waals surface area (Å²) in [4.78, 5) is 4.43. The van der Waals surface area contributed by atoms with Gasteiger partial charge >= 0.3 is 0 Å². The van der Waals surface area contributed by atoms with E-state index in [2.05, 4.69) is 36.6 Å². The molecule has 2 aliphatic rings. The zero-order valence-corrected chi connectivity index (χ0v) is 25.4. The molecular formula is C35H45FN2O4. The SMILES string of the molecule is C#C.CCN(Cc1ccc(OC2CCN(C)CC2)c(F)c1)c1ccc(OC)c(OC)c1.Oc1ccc2c(c1)CCCC2. The summed E-state index contributed by atoms with van der Waals surface area (Å²) in [6.45, 7) is 5.43. The molecule has 3 aromatic rings. The third kappa shape index (κ3) is 9.06. The van der Waals surface area contributed by atoms with Gasteiger partial charge in [0, 0.05) is 37.9 Å². The largest absolute Gasteiger partial charge is 0.508 e. The summed E-state index contributed by atoms with van der Waals surface area (Å²) in [6.07, 6.45) is 14.9. The summed E-state index contributed by atoms with van der Waals surface area (Å²) in [5.74, 6) is 1.82. The summed E-state index contributed by atoms with van der Waals surface area (Å²) < 4.78 is 31.3. The number of nitrogens with zero attached hydrogens (tertiary/aromatic N) is 2. The summed E-state index contributed by atoms with van der Waals surface area (Å²) in [5, 5.41) is 9.19. The molecule has 1 aliphatic heterocycles. The number of aryl methyl sites for hydroxylation is 2. The molecule has 226 valence electrons. The molecule has 1 heterocycles. The van der Waals surface area contributed by atoms with Gasteiger partial charge in [-0.05, 0) is 106 Å². The van der Waals surface area contributed by atoms with Crippen molar-refractivity contribution in [3.8, 4) is 35.8 Å². The Bertz CT molecular complexity index is 1290. The lowest BCUT2D eigenvalue weighted by atomic mass is 9.92. The van der Waals surface area contributed by atoms with Crippen LogP contribution in [0.5, 0.6) is 23.0 Å². The van der Waals surface area contributed by atoms with E-state index in [4.69, 9.17) is 14.2 Å². The van der Waals surface area contributed by atoms with E-state index in [1.807, 2.05) is 36.4 Å². The van der Waals surface area contributed by atoms with Crippen LogP contribution in [0.4, 0.5) is 10.1 Å². The number of halogens is 1. The number of hydrogen-bond donors (Lipinski definition) is 1. The Labute approximate surface area is 251 Å². The standard InChI is InChI=1S/C23H31FN2O3.C10H12O.C2H2/c1-5-26(18-7-9-22(27-3)23(15-18)28-4)16-17-6-8-21(20(24)14-17)29-19-10-12-25(2)13-11-19;11-10-6-5-8-3-1-2-4-9(8)7-10;1-2/h6-9,14-15,19H,5,10-13,16H2,1-4H3;5-7,11H,1-4H2;1-2H. The molecular weight excluding hydrogens is 531 g/mol. The van der Waals surface area contributed by atoms with Crippen molar-refractivity contribution in [1.29, 1.82) is 0 Å². The highest BCUT2D eigenvalue weighted by molar-refractivity contribution is 5.56. The van der Waals surface area contributed by atoms with E-state index in [-0.39, 0.29) is 11.9 Å². The quantitative estimate of drug-likeness (QED) is 0.296. The monoisotopic (exact) mass is 576 g/mol. The molecule has 3 aromatic carbocycles. The summed E-state index contributed by atoms with van der Waals surface area (Å²) >= 11 is 0. The lowest BCUT2D eigenvalue weighted by Crippen LogP contribution is -2.35. The minimum absolute atomic E-state index is 0.0884. The van der Waals surface area contributed by atoms with Crippen LogP contribution in [-0.4, -0.2) is 57.0 Å². The number of fused-ring (bicyclic) bond motifs is 1. The number of terminal acetylenes is 1. The number of rotatable bonds is 8. The summed E-state index contributed by atoms with van der Waals surface area (Å²) in [7, 11) is 5.34. The molecule has 1 saturated heterocycles. The fraction of sp³-hybridized carbons (Fsp3) is 0.429. The Morgan fingerprint density at radius 2 is 1.55 bits per heavy atom. The van der Waals surface area contributed by atoms with E-state index in [9.17, 15) is 9.50 Å². The van der Waals surface area contributed by atoms with E-state index in [0.29, 0.717) is 29.5 Å². The summed E-state index contributed by atoms with van der Waals surface area (Å²) in [5.41, 5.74) is 4.66. The fourth-order valence-corrected chi connectivity index (χ4v) is 5.37. The van der Waals surface area contributed by atoms with Gasteiger partial charge < -0.3 is 29.1 Å². The molecule has 1 N–H and O–H groups in total. The first kappa shape index (κ1) is 32.6. The molecule has 0 bridgehead atoms. The lowest BCUT2D eigenvalue weighted by Gasteiger charge is -2.29. The molecule has 6 nitrogen and oxygen atoms in total. The van der Waals surface area contributed by atoms with Crippen molar-refractivity contribution in [3.63, 3.8) is 0 Å². The van der Waals surface area contributed by atoms with Crippen LogP contribution in [-0.2, 0) is 19.4 Å². The molecule has 0 aromatic heterocycles. The molecule has 1 aliphatic carbocycles. The normalized spacial score (nSPS) is 14.7. The number of phenols is 1. The lowest BCUT2D eigenvalue weighted by molar-refractivity contribution is 0.110. The first-order valence-electron chi connectivity index (χ1n) is 14.6. The second-order valence-corrected chi connectivity index (χ2v) is 10.6. The number of phenolic OH excluding ortho intramolecular Hbond substituents is 1. The molecule has 5 rings (SSSR count). The van der Waals surface area contributed by atoms with E-state index in [0.717, 1.165) is 50.1 Å². The number of piperidine rings is 1. The number of benzene rings is 3. The zero-order chi connectivity index (χ0) is 30.5. The molecule has 42 heavy (non-hydrogen) atoms. The molecule has 0 unspecified atom stereocenters. The van der Waals surface area contributed by atoms with Crippen LogP contribution < -0.4 is 19.1 Å². The second kappa shape index (κ2) is 16.5. The maximum atomic E-state index is 14.7. The van der Waals surface area contributed by atoms with Gasteiger partial charge in [-0.2, -0.15) is 0 Å². The highest BCUT2D eigenvalue weighted by Gasteiger charge is 2.20. The molecule has 0 atom stereocenters. The molecule has 0 saturated carbocycles. The highest BCUT2D eigenvalue weighted by atomic mass is 19.1. The number of methoxy groups -OCH3 is 2. The van der Waals surface area contributed by atoms with Gasteiger partial charge in [0.1, 0.15) is 11.9 Å². The number of anilines is 1. The zero-order valence-electron chi connectivity index (χ0n) is 25.4. The Morgan fingerprint density at radius 3 is 2.19 bits per heavy atom. The molecule has 7 heteroatoms. The van der Waals surface area contributed by atoms with Crippen LogP contribution in [0.1, 0.15) is 49.3 Å². The van der Waals surface area contributed by atoms with Crippen molar-refractivity contribution in [2.24, 2.45) is 0 Å². The Balaban J connectivity index is 0.000000308. The van der Waals surface area contributed by atoms with Crippen LogP contribution >= 0.6 is 0 Å². The fourth-order valence-electron chi connectivity index (χ4n) is 5.37. The molecule has 1 fully saturated rings. The van der Waals surface area contributed by atoms with Gasteiger partial charge in [-0.25, -0.2) is 4.39 Å². The van der Waals surface area contributed by atoms with E-state index < -0.39 is 0 Å². The van der Waals surface area contributed by atoms with Gasteiger partial charge in [0.25, 0.3) is 0 Å². The number of aromatic hydroxyl groups is 1. The third-order valence-electron chi connectivity index (χ3n) is 7.78. The van der Waals surface area contributed by atoms with E-state index >= 15 is 0 Å². The van der Waals surface area contributed by atoms with Crippen molar-refractivity contribution in [2.45, 2.75) is 58.1 Å². The Kier molecular flexibility index (Phi) is 12.8. The first-order valence-corrected chi connectivity index (χ1v) is 14.6. The van der Waals surface area contributed by atoms with Crippen LogP contribution in [0.3, 0.4) is 0 Å². The predicted octanol–water partition coefficient (Wildman–Crippen LogP) is 6.86. The van der Waals surface area contributed by atoms with Gasteiger partial charge in [0.15, 0.2) is 23.1 Å². The maximum Gasteiger partial charge on any atom is 0.165 e. The minimum Gasteiger partial charge on any atom is -0.508 e. The number of hydrogen-bond acceptors (Lipinski definition) is 6. The second-order valence-electron chi connectivity index (χ2n) is 10.6. The van der Waals surface area contributed by atoms with Crippen LogP contribution in [0, 0.1) is 18.7 Å². The number of ether oxygens (including phenoxy) is 3. The molecule has 0 amide bonds. The topological polar surface area (TPSA) is 54.4 Å². The van der Waals surface area contributed by atoms with Gasteiger partial charge in [-0.15, -0.1) is 12.8 Å². The minimum atomic E-state index is -0.301. The predicted molar refractivity (Wildman–Crippen MR) is 168 cm³/mol. The average Bonchev–Trinajstić information content (AvgIpc) is 3.03. The van der Waals surface area contributed by atoms with Gasteiger partial charge in [-0.3, -0.25) is 0 Å². The van der Waals surface area contributed by atoms with Crippen molar-refractivity contribution < 1.29 is 23.7 Å². The Hall–Kier alpha value is -3.89. The Morgan fingerprint density at radius 1 is 0.881 bits per heavy atom. The van der Waals surface area contributed by atoms with Crippen LogP contribution in [0.15, 0.2) is 54.6 Å². The average molecular weight is 577 g/mol. The maximum absolute atomic E-state index is 14.7. The van der Waals surface area contributed by atoms with Crippen molar-refractivity contribution >= 4 is 5.69 Å². The highest BCUT2D eigenvalue weighted by Crippen LogP contribution is 2.32. The molecule has 0 radical (unpaired) electrons. The van der Waals surface area contributed by atoms with E-state index in [1.165, 1.54) is 30.4 Å². The van der Waals surface area contributed by atoms with E-state index in [1.54, 1.807) is 32.4 Å². The van der Waals surface area contributed by atoms with Crippen molar-refractivity contribution in [3.05, 3.63) is 77.1 Å².